The van der Waals surface area contributed by atoms with Gasteiger partial charge in [-0.15, -0.1) is 0 Å². The van der Waals surface area contributed by atoms with Crippen LogP contribution in [0.2, 0.25) is 0 Å². The molecule has 0 unspecified atom stereocenters. The number of fused-ring (bicyclic) bond motifs is 1. The number of ether oxygens (including phenoxy) is 1. The Bertz CT molecular complexity index is 1630. The zero-order chi connectivity index (χ0) is 29.6. The highest BCUT2D eigenvalue weighted by Gasteiger charge is 2.24. The summed E-state index contributed by atoms with van der Waals surface area (Å²) in [5.41, 5.74) is 4.71. The molecule has 0 amide bonds. The van der Waals surface area contributed by atoms with Crippen LogP contribution in [0.25, 0.3) is 10.9 Å². The van der Waals surface area contributed by atoms with Crippen molar-refractivity contribution in [3.63, 3.8) is 0 Å². The van der Waals surface area contributed by atoms with Gasteiger partial charge in [0.15, 0.2) is 0 Å². The average Bonchev–Trinajstić information content (AvgIpc) is 3.09. The van der Waals surface area contributed by atoms with Gasteiger partial charge in [-0.25, -0.2) is 4.98 Å². The van der Waals surface area contributed by atoms with Gasteiger partial charge in [0.05, 0.1) is 5.52 Å². The van der Waals surface area contributed by atoms with Crippen LogP contribution in [0.1, 0.15) is 24.0 Å². The average molecular weight is 585 g/mol. The predicted octanol–water partition coefficient (Wildman–Crippen LogP) is 6.61. The number of anilines is 3. The van der Waals surface area contributed by atoms with Crippen LogP contribution < -0.4 is 19.9 Å². The van der Waals surface area contributed by atoms with Crippen LogP contribution in [-0.2, 0) is 13.2 Å². The molecule has 1 N–H and O–H groups in total. The van der Waals surface area contributed by atoms with Crippen molar-refractivity contribution in [1.82, 2.24) is 14.9 Å². The maximum atomic E-state index is 6.19. The van der Waals surface area contributed by atoms with Crippen LogP contribution in [0.4, 0.5) is 17.5 Å². The van der Waals surface area contributed by atoms with E-state index < -0.39 is 0 Å². The van der Waals surface area contributed by atoms with E-state index in [1.807, 2.05) is 24.3 Å². The lowest BCUT2D eigenvalue weighted by Crippen LogP contribution is -2.47. The van der Waals surface area contributed by atoms with E-state index in [9.17, 15) is 0 Å². The van der Waals surface area contributed by atoms with Gasteiger partial charge >= 0.3 is 0 Å². The first kappa shape index (κ1) is 28.2. The molecule has 44 heavy (non-hydrogen) atoms. The molecule has 2 aliphatic heterocycles. The fraction of sp³-hybridized carbons (Fsp3) is 0.297. The first-order chi connectivity index (χ1) is 21.8. The van der Waals surface area contributed by atoms with Crippen molar-refractivity contribution in [1.29, 1.82) is 0 Å². The molecule has 7 nitrogen and oxygen atoms in total. The number of rotatable bonds is 9. The number of nitrogens with zero attached hydrogens (tertiary/aromatic N) is 5. The molecule has 0 spiro atoms. The summed E-state index contributed by atoms with van der Waals surface area (Å²) >= 11 is 0. The van der Waals surface area contributed by atoms with E-state index in [1.54, 1.807) is 0 Å². The minimum Gasteiger partial charge on any atom is -0.489 e. The number of hydrogen-bond donors (Lipinski definition) is 1. The molecule has 0 saturated carbocycles. The maximum Gasteiger partial charge on any atom is 0.228 e. The van der Waals surface area contributed by atoms with Gasteiger partial charge in [0, 0.05) is 69.0 Å². The lowest BCUT2D eigenvalue weighted by molar-refractivity contribution is 0.211. The van der Waals surface area contributed by atoms with Crippen molar-refractivity contribution < 1.29 is 4.74 Å². The number of nitrogens with one attached hydrogen (secondary N) is 1. The molecular weight excluding hydrogens is 544 g/mol. The van der Waals surface area contributed by atoms with Crippen LogP contribution >= 0.6 is 0 Å². The lowest BCUT2D eigenvalue weighted by Gasteiger charge is -2.36. The fourth-order valence-corrected chi connectivity index (χ4v) is 6.25. The zero-order valence-corrected chi connectivity index (χ0v) is 25.2. The molecule has 7 rings (SSSR count). The summed E-state index contributed by atoms with van der Waals surface area (Å²) in [4.78, 5) is 17.6. The predicted molar refractivity (Wildman–Crippen MR) is 180 cm³/mol. The molecule has 1 aromatic heterocycles. The van der Waals surface area contributed by atoms with Crippen molar-refractivity contribution in [2.75, 3.05) is 54.4 Å². The summed E-state index contributed by atoms with van der Waals surface area (Å²) in [6, 6.07) is 38.3. The summed E-state index contributed by atoms with van der Waals surface area (Å²) in [5.74, 6) is 2.53. The van der Waals surface area contributed by atoms with Crippen LogP contribution in [-0.4, -0.2) is 60.2 Å². The molecule has 0 atom stereocenters. The number of hydrogen-bond acceptors (Lipinski definition) is 7. The number of piperidine rings is 1. The highest BCUT2D eigenvalue weighted by atomic mass is 16.5. The molecule has 2 saturated heterocycles. The van der Waals surface area contributed by atoms with E-state index in [0.29, 0.717) is 12.6 Å². The second kappa shape index (κ2) is 13.3. The Labute approximate surface area is 260 Å². The summed E-state index contributed by atoms with van der Waals surface area (Å²) in [5, 5.41) is 4.88. The van der Waals surface area contributed by atoms with Crippen molar-refractivity contribution >= 4 is 28.4 Å². The zero-order valence-electron chi connectivity index (χ0n) is 25.2. The van der Waals surface area contributed by atoms with Gasteiger partial charge < -0.3 is 19.9 Å². The molecule has 0 radical (unpaired) electrons. The monoisotopic (exact) mass is 584 g/mol. The topological polar surface area (TPSA) is 56.8 Å². The van der Waals surface area contributed by atoms with Crippen LogP contribution in [0.5, 0.6) is 5.75 Å². The third-order valence-electron chi connectivity index (χ3n) is 8.77. The molecule has 224 valence electrons. The van der Waals surface area contributed by atoms with Crippen molar-refractivity contribution in [2.24, 2.45) is 0 Å². The Morgan fingerprint density at radius 1 is 0.659 bits per heavy atom. The van der Waals surface area contributed by atoms with Crippen molar-refractivity contribution in [3.05, 3.63) is 120 Å². The molecule has 2 fully saturated rings. The lowest BCUT2D eigenvalue weighted by atomic mass is 10.0. The normalized spacial score (nSPS) is 16.3. The molecule has 7 heteroatoms. The number of benzene rings is 4. The molecule has 2 aliphatic rings. The van der Waals surface area contributed by atoms with Gasteiger partial charge in [0.2, 0.25) is 5.95 Å². The second-order valence-corrected chi connectivity index (χ2v) is 11.8. The van der Waals surface area contributed by atoms with E-state index in [1.165, 1.54) is 11.3 Å². The number of para-hydroxylation sites is 1. The van der Waals surface area contributed by atoms with Gasteiger partial charge in [-0.2, -0.15) is 4.98 Å². The summed E-state index contributed by atoms with van der Waals surface area (Å²) in [6.07, 6.45) is 2.17. The van der Waals surface area contributed by atoms with Crippen LogP contribution in [0.3, 0.4) is 0 Å². The second-order valence-electron chi connectivity index (χ2n) is 11.8. The molecule has 0 aliphatic carbocycles. The summed E-state index contributed by atoms with van der Waals surface area (Å²) in [7, 11) is 0. The summed E-state index contributed by atoms with van der Waals surface area (Å²) < 4.78 is 6.19. The van der Waals surface area contributed by atoms with E-state index in [0.717, 1.165) is 92.6 Å². The number of likely N-dealkylation sites (tertiary alicyclic amines) is 1. The molecule has 5 aromatic rings. The largest absolute Gasteiger partial charge is 0.489 e. The Balaban J connectivity index is 1.09. The first-order valence-electron chi connectivity index (χ1n) is 15.8. The van der Waals surface area contributed by atoms with Gasteiger partial charge in [-0.1, -0.05) is 78.9 Å². The Hall–Kier alpha value is -4.62. The van der Waals surface area contributed by atoms with E-state index in [4.69, 9.17) is 14.7 Å². The quantitative estimate of drug-likeness (QED) is 0.209. The van der Waals surface area contributed by atoms with E-state index in [-0.39, 0.29) is 0 Å². The van der Waals surface area contributed by atoms with Crippen LogP contribution in [0.15, 0.2) is 109 Å². The van der Waals surface area contributed by atoms with Crippen LogP contribution in [0, 0.1) is 0 Å². The SMILES string of the molecule is c1ccc(COc2ccc3c(NC4CCN(Cc5ccccc5)CC4)nc(N4CCN(c5ccccc5)CC4)nc3c2)cc1. The minimum atomic E-state index is 0.372. The van der Waals surface area contributed by atoms with E-state index in [2.05, 4.69) is 105 Å². The van der Waals surface area contributed by atoms with Gasteiger partial charge in [0.25, 0.3) is 0 Å². The van der Waals surface area contributed by atoms with Gasteiger partial charge in [0.1, 0.15) is 18.2 Å². The molecular formula is C37H40N6O. The Morgan fingerprint density at radius 3 is 2.00 bits per heavy atom. The highest BCUT2D eigenvalue weighted by Crippen LogP contribution is 2.30. The van der Waals surface area contributed by atoms with Gasteiger partial charge in [-0.3, -0.25) is 4.90 Å². The third kappa shape index (κ3) is 6.79. The molecule has 0 bridgehead atoms. The molecule has 4 aromatic carbocycles. The Kier molecular flexibility index (Phi) is 8.55. The Morgan fingerprint density at radius 2 is 1.30 bits per heavy atom. The van der Waals surface area contributed by atoms with Crippen molar-refractivity contribution in [3.8, 4) is 5.75 Å². The number of piperazine rings is 1. The fourth-order valence-electron chi connectivity index (χ4n) is 6.25. The summed E-state index contributed by atoms with van der Waals surface area (Å²) in [6.45, 7) is 7.31. The molecule has 3 heterocycles. The maximum absolute atomic E-state index is 6.19. The standard InChI is InChI=1S/C37H40N6O/c1-4-10-29(11-5-1)27-41-20-18-31(19-21-41)38-36-34-17-16-33(44-28-30-12-6-2-7-13-30)26-35(34)39-37(40-36)43-24-22-42(23-25-43)32-14-8-3-9-15-32/h1-17,26,31H,18-25,27-28H2,(H,38,39,40). The number of aromatic nitrogens is 2. The first-order valence-corrected chi connectivity index (χ1v) is 15.8. The highest BCUT2D eigenvalue weighted by molar-refractivity contribution is 5.91. The minimum absolute atomic E-state index is 0.372. The third-order valence-corrected chi connectivity index (χ3v) is 8.77. The van der Waals surface area contributed by atoms with E-state index >= 15 is 0 Å². The van der Waals surface area contributed by atoms with Gasteiger partial charge in [-0.05, 0) is 48.2 Å². The smallest absolute Gasteiger partial charge is 0.228 e. The van der Waals surface area contributed by atoms with Crippen molar-refractivity contribution in [2.45, 2.75) is 32.0 Å².